The van der Waals surface area contributed by atoms with Crippen LogP contribution in [0.2, 0.25) is 0 Å². The molecule has 0 nitrogen and oxygen atoms in total. The van der Waals surface area contributed by atoms with Crippen LogP contribution < -0.4 is 0 Å². The molecule has 4 rings (SSSR count). The molecule has 3 heteroatoms. The Morgan fingerprint density at radius 1 is 0.593 bits per heavy atom. The third-order valence-electron chi connectivity index (χ3n) is 5.67. The summed E-state index contributed by atoms with van der Waals surface area (Å²) in [6.45, 7) is 8.00. The maximum absolute atomic E-state index is 4.93. The van der Waals surface area contributed by atoms with E-state index in [2.05, 4.69) is 24.3 Å². The fraction of sp³-hybridized carbons (Fsp3) is 0.750. The van der Waals surface area contributed by atoms with Crippen molar-refractivity contribution in [1.29, 1.82) is 0 Å². The van der Waals surface area contributed by atoms with E-state index < -0.39 is 20.8 Å². The molecule has 0 aromatic rings. The van der Waals surface area contributed by atoms with Gasteiger partial charge in [-0.05, 0) is 36.5 Å². The van der Waals surface area contributed by atoms with Crippen LogP contribution in [-0.2, 0) is 20.8 Å². The van der Waals surface area contributed by atoms with E-state index in [4.69, 9.17) is 17.0 Å². The molecule has 0 saturated heterocycles. The van der Waals surface area contributed by atoms with Crippen molar-refractivity contribution in [3.05, 3.63) is 39.2 Å². The molecule has 0 radical (unpaired) electrons. The molecule has 160 valence electrons. The second-order valence-corrected chi connectivity index (χ2v) is 10.6. The number of rotatable bonds is 0. The molecule has 4 unspecified atom stereocenters. The average molecular weight is 497 g/mol. The van der Waals surface area contributed by atoms with Crippen molar-refractivity contribution in [2.24, 2.45) is 23.7 Å². The third kappa shape index (κ3) is 13.7. The van der Waals surface area contributed by atoms with Gasteiger partial charge >= 0.3 is 37.9 Å². The first-order valence-corrected chi connectivity index (χ1v) is 17.0. The summed E-state index contributed by atoms with van der Waals surface area (Å²) in [5.41, 5.74) is 0. The maximum atomic E-state index is 4.93. The van der Waals surface area contributed by atoms with Gasteiger partial charge in [0, 0.05) is 0 Å². The topological polar surface area (TPSA) is 0 Å². The van der Waals surface area contributed by atoms with E-state index in [9.17, 15) is 0 Å². The second kappa shape index (κ2) is 23.2. The van der Waals surface area contributed by atoms with Crippen LogP contribution >= 0.6 is 17.0 Å². The van der Waals surface area contributed by atoms with Gasteiger partial charge in [-0.25, -0.2) is 0 Å². The van der Waals surface area contributed by atoms with E-state index in [1.807, 2.05) is 27.7 Å². The Labute approximate surface area is 191 Å². The Kier molecular flexibility index (Phi) is 28.0. The molecule has 27 heavy (non-hydrogen) atoms. The molecular formula is C24H46Cl2Zr. The zero-order valence-electron chi connectivity index (χ0n) is 18.9. The van der Waals surface area contributed by atoms with Crippen molar-refractivity contribution in [3.63, 3.8) is 0 Å². The van der Waals surface area contributed by atoms with Crippen LogP contribution in [0.3, 0.4) is 0 Å². The monoisotopic (exact) mass is 494 g/mol. The molecule has 0 aromatic carbocycles. The predicted molar refractivity (Wildman–Crippen MR) is 126 cm³/mol. The Bertz CT molecular complexity index is 311. The predicted octanol–water partition coefficient (Wildman–Crippen LogP) is 9.83. The second-order valence-electron chi connectivity index (χ2n) is 6.84. The van der Waals surface area contributed by atoms with E-state index in [1.165, 1.54) is 50.4 Å². The summed E-state index contributed by atoms with van der Waals surface area (Å²) < 4.78 is 0. The fourth-order valence-corrected chi connectivity index (χ4v) is 4.60. The standard InChI is InChI=1S/C9H16.C9H12.2C2H6.2CH3.2ClH.Zr/c2*1-2-5-9-7-3-6-8(9)4-1;2*1-2;;;;;/h8-9H,1-7H2;1-2,4-5,8-9H,3,6-7H2;2*1-2H3;2*1H3;2*1H;/q;;;;2*-1;;;+4/p-2. The van der Waals surface area contributed by atoms with E-state index in [-0.39, 0.29) is 14.9 Å². The van der Waals surface area contributed by atoms with Crippen molar-refractivity contribution < 1.29 is 20.8 Å². The van der Waals surface area contributed by atoms with Crippen molar-refractivity contribution >= 4 is 17.0 Å². The van der Waals surface area contributed by atoms with E-state index >= 15 is 0 Å². The molecule has 4 aliphatic rings. The molecule has 0 aromatic heterocycles. The van der Waals surface area contributed by atoms with Gasteiger partial charge in [0.2, 0.25) is 0 Å². The van der Waals surface area contributed by atoms with Crippen molar-refractivity contribution in [2.75, 3.05) is 0 Å². The minimum absolute atomic E-state index is 0. The van der Waals surface area contributed by atoms with Crippen LogP contribution in [0.5, 0.6) is 0 Å². The summed E-state index contributed by atoms with van der Waals surface area (Å²) in [4.78, 5) is 0. The van der Waals surface area contributed by atoms with Crippen molar-refractivity contribution in [3.8, 4) is 0 Å². The SMILES string of the molecule is C1=CC2CCCC2C=C1.C1CCC2CCCC2C1.CC.CC.[CH3-].[CH3-].[Cl][Zr+2][Cl]. The fourth-order valence-electron chi connectivity index (χ4n) is 4.60. The third-order valence-corrected chi connectivity index (χ3v) is 5.67. The van der Waals surface area contributed by atoms with Gasteiger partial charge in [-0.15, -0.1) is 0 Å². The molecule has 4 atom stereocenters. The number of fused-ring (bicyclic) bond motifs is 2. The van der Waals surface area contributed by atoms with Crippen LogP contribution in [-0.4, -0.2) is 0 Å². The van der Waals surface area contributed by atoms with Gasteiger partial charge in [-0.3, -0.25) is 0 Å². The zero-order valence-corrected chi connectivity index (χ0v) is 22.9. The summed E-state index contributed by atoms with van der Waals surface area (Å²) in [6, 6.07) is 0. The normalized spacial score (nSPS) is 28.1. The quantitative estimate of drug-likeness (QED) is 0.293. The molecule has 4 aliphatic carbocycles. The summed E-state index contributed by atoms with van der Waals surface area (Å²) >= 11 is -0.826. The summed E-state index contributed by atoms with van der Waals surface area (Å²) in [5, 5.41) is 0. The zero-order chi connectivity index (χ0) is 18.9. The van der Waals surface area contributed by atoms with Crippen molar-refractivity contribution in [2.45, 2.75) is 91.9 Å². The molecule has 0 bridgehead atoms. The molecule has 0 N–H and O–H groups in total. The first-order valence-electron chi connectivity index (χ1n) is 10.7. The Morgan fingerprint density at radius 3 is 1.26 bits per heavy atom. The van der Waals surface area contributed by atoms with Gasteiger partial charge in [-0.2, -0.15) is 0 Å². The number of hydrogen-bond acceptors (Lipinski definition) is 0. The molecular weight excluding hydrogens is 450 g/mol. The molecule has 0 aliphatic heterocycles. The number of halogens is 2. The van der Waals surface area contributed by atoms with Gasteiger partial charge in [0.15, 0.2) is 0 Å². The first-order chi connectivity index (χ1) is 12.3. The van der Waals surface area contributed by atoms with Gasteiger partial charge in [0.05, 0.1) is 0 Å². The van der Waals surface area contributed by atoms with Crippen LogP contribution in [0, 0.1) is 38.5 Å². The first kappa shape index (κ1) is 32.6. The minimum atomic E-state index is -0.826. The molecule has 0 heterocycles. The van der Waals surface area contributed by atoms with Gasteiger partial charge in [0.1, 0.15) is 0 Å². The van der Waals surface area contributed by atoms with Gasteiger partial charge in [-0.1, -0.05) is 103 Å². The molecule has 0 spiro atoms. The summed E-state index contributed by atoms with van der Waals surface area (Å²) in [7, 11) is 9.87. The molecule has 3 saturated carbocycles. The van der Waals surface area contributed by atoms with Gasteiger partial charge in [0.25, 0.3) is 0 Å². The average Bonchev–Trinajstić information content (AvgIpc) is 3.35. The van der Waals surface area contributed by atoms with Gasteiger partial charge < -0.3 is 14.9 Å². The Balaban J connectivity index is -0.000000306. The van der Waals surface area contributed by atoms with E-state index in [1.54, 1.807) is 25.7 Å². The summed E-state index contributed by atoms with van der Waals surface area (Å²) in [6.07, 6.45) is 24.2. The van der Waals surface area contributed by atoms with Crippen LogP contribution in [0.1, 0.15) is 91.9 Å². The molecule has 3 fully saturated rings. The number of hydrogen-bond donors (Lipinski definition) is 0. The summed E-state index contributed by atoms with van der Waals surface area (Å²) in [5.74, 6) is 4.13. The van der Waals surface area contributed by atoms with Crippen LogP contribution in [0.15, 0.2) is 24.3 Å². The van der Waals surface area contributed by atoms with E-state index in [0.29, 0.717) is 0 Å². The van der Waals surface area contributed by atoms with E-state index in [0.717, 1.165) is 11.8 Å². The Hall–Kier alpha value is 0.943. The van der Waals surface area contributed by atoms with Crippen LogP contribution in [0.4, 0.5) is 0 Å². The Morgan fingerprint density at radius 2 is 0.889 bits per heavy atom. The number of allylic oxidation sites excluding steroid dienone is 4. The van der Waals surface area contributed by atoms with Crippen molar-refractivity contribution in [1.82, 2.24) is 0 Å². The molecule has 0 amide bonds. The van der Waals surface area contributed by atoms with Crippen LogP contribution in [0.25, 0.3) is 0 Å².